The van der Waals surface area contributed by atoms with E-state index in [0.717, 1.165) is 30.8 Å². The number of hydrogen-bond acceptors (Lipinski definition) is 3. The number of hydrogen-bond donors (Lipinski definition) is 1. The molecule has 1 N–H and O–H groups in total. The third-order valence-electron chi connectivity index (χ3n) is 3.91. The predicted molar refractivity (Wildman–Crippen MR) is 73.1 cm³/mol. The zero-order valence-corrected chi connectivity index (χ0v) is 11.9. The second kappa shape index (κ2) is 5.08. The summed E-state index contributed by atoms with van der Waals surface area (Å²) in [4.78, 5) is 2.27. The maximum atomic E-state index is 9.99. The van der Waals surface area contributed by atoms with Gasteiger partial charge in [-0.05, 0) is 38.5 Å². The molecule has 4 heteroatoms. The van der Waals surface area contributed by atoms with Crippen molar-refractivity contribution in [3.05, 3.63) is 28.8 Å². The van der Waals surface area contributed by atoms with E-state index in [0.29, 0.717) is 5.02 Å². The minimum absolute atomic E-state index is 0.201. The van der Waals surface area contributed by atoms with E-state index < -0.39 is 0 Å². The van der Waals surface area contributed by atoms with Crippen molar-refractivity contribution >= 4 is 11.6 Å². The maximum absolute atomic E-state index is 9.99. The second-order valence-electron chi connectivity index (χ2n) is 5.34. The quantitative estimate of drug-likeness (QED) is 0.916. The Kier molecular flexibility index (Phi) is 3.85. The third kappa shape index (κ3) is 2.48. The highest BCUT2D eigenvalue weighted by Crippen LogP contribution is 2.33. The van der Waals surface area contributed by atoms with Crippen molar-refractivity contribution < 1.29 is 9.84 Å². The number of methoxy groups -OCH3 is 1. The van der Waals surface area contributed by atoms with Crippen molar-refractivity contribution in [2.75, 3.05) is 13.7 Å². The molecule has 0 aromatic heterocycles. The van der Waals surface area contributed by atoms with Gasteiger partial charge in [-0.15, -0.1) is 0 Å². The van der Waals surface area contributed by atoms with Gasteiger partial charge in [0.25, 0.3) is 0 Å². The topological polar surface area (TPSA) is 32.7 Å². The number of rotatable bonds is 3. The van der Waals surface area contributed by atoms with Crippen LogP contribution in [0.15, 0.2) is 18.2 Å². The average Bonchev–Trinajstić information content (AvgIpc) is 2.56. The summed E-state index contributed by atoms with van der Waals surface area (Å²) in [5, 5.41) is 10.7. The first-order valence-corrected chi connectivity index (χ1v) is 6.58. The first-order valence-electron chi connectivity index (χ1n) is 6.20. The molecule has 1 heterocycles. The number of nitrogens with zero attached hydrogens (tertiary/aromatic N) is 1. The molecular weight excluding hydrogens is 250 g/mol. The molecule has 1 aromatic carbocycles. The zero-order chi connectivity index (χ0) is 13.3. The van der Waals surface area contributed by atoms with Gasteiger partial charge in [0.15, 0.2) is 0 Å². The van der Waals surface area contributed by atoms with E-state index in [1.807, 2.05) is 18.2 Å². The summed E-state index contributed by atoms with van der Waals surface area (Å²) in [6, 6.07) is 5.65. The van der Waals surface area contributed by atoms with Gasteiger partial charge >= 0.3 is 0 Å². The molecule has 1 unspecified atom stereocenters. The van der Waals surface area contributed by atoms with Gasteiger partial charge < -0.3 is 9.84 Å². The summed E-state index contributed by atoms with van der Waals surface area (Å²) >= 11 is 6.04. The van der Waals surface area contributed by atoms with Gasteiger partial charge in [0.1, 0.15) is 5.75 Å². The van der Waals surface area contributed by atoms with Crippen LogP contribution >= 0.6 is 11.6 Å². The maximum Gasteiger partial charge on any atom is 0.123 e. The van der Waals surface area contributed by atoms with Crippen molar-refractivity contribution in [1.29, 1.82) is 0 Å². The number of aliphatic hydroxyl groups is 1. The molecule has 100 valence electrons. The highest BCUT2D eigenvalue weighted by molar-refractivity contribution is 6.30. The monoisotopic (exact) mass is 269 g/mol. The first-order chi connectivity index (χ1) is 8.45. The zero-order valence-electron chi connectivity index (χ0n) is 11.1. The average molecular weight is 270 g/mol. The second-order valence-corrected chi connectivity index (χ2v) is 5.77. The van der Waals surface area contributed by atoms with Gasteiger partial charge in [-0.2, -0.15) is 0 Å². The van der Waals surface area contributed by atoms with Crippen LogP contribution in [0.1, 0.15) is 25.8 Å². The highest BCUT2D eigenvalue weighted by atomic mass is 35.5. The first kappa shape index (κ1) is 13.7. The lowest BCUT2D eigenvalue weighted by molar-refractivity contribution is 0.0502. The van der Waals surface area contributed by atoms with Crippen molar-refractivity contribution in [2.24, 2.45) is 0 Å². The molecule has 0 saturated carbocycles. The van der Waals surface area contributed by atoms with E-state index >= 15 is 0 Å². The standard InChI is InChI=1S/C14H20ClNO2/c1-14(2)13(17)6-7-16(14)9-10-8-11(15)4-5-12(10)18-3/h4-5,8,13,17H,6-7,9H2,1-3H3. The van der Waals surface area contributed by atoms with Crippen LogP contribution in [0.5, 0.6) is 5.75 Å². The molecule has 0 radical (unpaired) electrons. The summed E-state index contributed by atoms with van der Waals surface area (Å²) in [5.41, 5.74) is 0.861. The Morgan fingerprint density at radius 3 is 2.78 bits per heavy atom. The number of likely N-dealkylation sites (tertiary alicyclic amines) is 1. The molecule has 1 aliphatic heterocycles. The SMILES string of the molecule is COc1ccc(Cl)cc1CN1CCC(O)C1(C)C. The fourth-order valence-electron chi connectivity index (χ4n) is 2.49. The third-order valence-corrected chi connectivity index (χ3v) is 4.14. The molecule has 1 atom stereocenters. The summed E-state index contributed by atoms with van der Waals surface area (Å²) in [5.74, 6) is 0.844. The van der Waals surface area contributed by atoms with Gasteiger partial charge in [-0.3, -0.25) is 4.90 Å². The Morgan fingerprint density at radius 1 is 1.50 bits per heavy atom. The van der Waals surface area contributed by atoms with E-state index in [1.54, 1.807) is 7.11 Å². The Morgan fingerprint density at radius 2 is 2.22 bits per heavy atom. The van der Waals surface area contributed by atoms with Crippen LogP contribution in [0.2, 0.25) is 5.02 Å². The van der Waals surface area contributed by atoms with Crippen molar-refractivity contribution in [1.82, 2.24) is 4.90 Å². The Hall–Kier alpha value is -0.770. The normalized spacial score (nSPS) is 23.3. The van der Waals surface area contributed by atoms with Gasteiger partial charge in [0.05, 0.1) is 13.2 Å². The van der Waals surface area contributed by atoms with Gasteiger partial charge in [-0.1, -0.05) is 11.6 Å². The van der Waals surface area contributed by atoms with E-state index in [4.69, 9.17) is 16.3 Å². The lowest BCUT2D eigenvalue weighted by Gasteiger charge is -2.34. The summed E-state index contributed by atoms with van der Waals surface area (Å²) in [7, 11) is 1.66. The Balaban J connectivity index is 2.22. The van der Waals surface area contributed by atoms with Crippen LogP contribution in [-0.4, -0.2) is 35.3 Å². The van der Waals surface area contributed by atoms with E-state index in [1.165, 1.54) is 0 Å². The fourth-order valence-corrected chi connectivity index (χ4v) is 2.68. The van der Waals surface area contributed by atoms with Crippen molar-refractivity contribution in [3.8, 4) is 5.75 Å². The summed E-state index contributed by atoms with van der Waals surface area (Å²) < 4.78 is 5.36. The van der Waals surface area contributed by atoms with Crippen LogP contribution in [0.3, 0.4) is 0 Å². The van der Waals surface area contributed by atoms with Crippen LogP contribution < -0.4 is 4.74 Å². The number of ether oxygens (including phenoxy) is 1. The number of halogens is 1. The Bertz CT molecular complexity index is 434. The minimum Gasteiger partial charge on any atom is -0.496 e. The largest absolute Gasteiger partial charge is 0.496 e. The Labute approximate surface area is 113 Å². The fraction of sp³-hybridized carbons (Fsp3) is 0.571. The molecule has 1 aromatic rings. The molecule has 0 aliphatic carbocycles. The molecule has 2 rings (SSSR count). The van der Waals surface area contributed by atoms with Crippen LogP contribution in [0.4, 0.5) is 0 Å². The number of aliphatic hydroxyl groups excluding tert-OH is 1. The molecule has 1 aliphatic rings. The molecule has 1 saturated heterocycles. The van der Waals surface area contributed by atoms with Gasteiger partial charge in [-0.25, -0.2) is 0 Å². The predicted octanol–water partition coefficient (Wildman–Crippen LogP) is 2.69. The highest BCUT2D eigenvalue weighted by Gasteiger charge is 2.40. The lowest BCUT2D eigenvalue weighted by atomic mass is 9.98. The minimum atomic E-state index is -0.275. The van der Waals surface area contributed by atoms with Gasteiger partial charge in [0.2, 0.25) is 0 Å². The molecule has 0 bridgehead atoms. The number of benzene rings is 1. The van der Waals surface area contributed by atoms with Crippen LogP contribution in [0, 0.1) is 0 Å². The van der Waals surface area contributed by atoms with E-state index in [9.17, 15) is 5.11 Å². The molecule has 0 amide bonds. The molecule has 1 fully saturated rings. The van der Waals surface area contributed by atoms with Crippen molar-refractivity contribution in [2.45, 2.75) is 38.5 Å². The van der Waals surface area contributed by atoms with E-state index in [-0.39, 0.29) is 11.6 Å². The molecule has 3 nitrogen and oxygen atoms in total. The molecule has 18 heavy (non-hydrogen) atoms. The summed E-state index contributed by atoms with van der Waals surface area (Å²) in [6.07, 6.45) is 0.540. The summed E-state index contributed by atoms with van der Waals surface area (Å²) in [6.45, 7) is 5.78. The van der Waals surface area contributed by atoms with E-state index in [2.05, 4.69) is 18.7 Å². The molecule has 0 spiro atoms. The van der Waals surface area contributed by atoms with Crippen LogP contribution in [-0.2, 0) is 6.54 Å². The van der Waals surface area contributed by atoms with Crippen LogP contribution in [0.25, 0.3) is 0 Å². The smallest absolute Gasteiger partial charge is 0.123 e. The lowest BCUT2D eigenvalue weighted by Crippen LogP contribution is -2.44. The molecular formula is C14H20ClNO2. The van der Waals surface area contributed by atoms with Crippen molar-refractivity contribution in [3.63, 3.8) is 0 Å². The van der Waals surface area contributed by atoms with Gasteiger partial charge in [0, 0.05) is 29.2 Å².